The van der Waals surface area contributed by atoms with Crippen LogP contribution in [0.1, 0.15) is 32.7 Å². The van der Waals surface area contributed by atoms with Crippen molar-refractivity contribution in [2.45, 2.75) is 27.4 Å². The average Bonchev–Trinajstić information content (AvgIpc) is 3.14. The second-order valence-electron chi connectivity index (χ2n) is 7.36. The van der Waals surface area contributed by atoms with Crippen molar-refractivity contribution in [1.29, 1.82) is 0 Å². The van der Waals surface area contributed by atoms with Crippen molar-refractivity contribution < 1.29 is 9.53 Å². The number of fused-ring (bicyclic) bond motifs is 1. The zero-order chi connectivity index (χ0) is 21.3. The Morgan fingerprint density at radius 2 is 1.93 bits per heavy atom. The maximum atomic E-state index is 12.7. The molecule has 0 saturated carbocycles. The van der Waals surface area contributed by atoms with Gasteiger partial charge in [0.25, 0.3) is 5.91 Å². The third-order valence-corrected chi connectivity index (χ3v) is 5.18. The maximum Gasteiger partial charge on any atom is 0.255 e. The van der Waals surface area contributed by atoms with Gasteiger partial charge in [0.15, 0.2) is 0 Å². The van der Waals surface area contributed by atoms with E-state index >= 15 is 0 Å². The Morgan fingerprint density at radius 1 is 1.10 bits per heavy atom. The highest BCUT2D eigenvalue weighted by molar-refractivity contribution is 6.34. The van der Waals surface area contributed by atoms with Crippen LogP contribution >= 0.6 is 11.6 Å². The van der Waals surface area contributed by atoms with E-state index < -0.39 is 0 Å². The molecular formula is C24H22ClN3O2. The predicted octanol–water partition coefficient (Wildman–Crippen LogP) is 5.74. The van der Waals surface area contributed by atoms with Crippen molar-refractivity contribution in [1.82, 2.24) is 9.38 Å². The number of carbonyl (C=O) groups excluding carboxylic acids is 1. The first-order valence-electron chi connectivity index (χ1n) is 9.65. The molecule has 152 valence electrons. The van der Waals surface area contributed by atoms with Gasteiger partial charge in [0.05, 0.1) is 16.4 Å². The zero-order valence-corrected chi connectivity index (χ0v) is 17.8. The number of rotatable bonds is 5. The Hall–Kier alpha value is -3.31. The van der Waals surface area contributed by atoms with Crippen LogP contribution in [-0.2, 0) is 6.61 Å². The number of amides is 1. The van der Waals surface area contributed by atoms with Crippen LogP contribution in [0.25, 0.3) is 5.65 Å². The van der Waals surface area contributed by atoms with Crippen LogP contribution in [0.3, 0.4) is 0 Å². The Labute approximate surface area is 180 Å². The van der Waals surface area contributed by atoms with Crippen LogP contribution in [0.15, 0.2) is 60.9 Å². The monoisotopic (exact) mass is 419 g/mol. The molecule has 2 aromatic carbocycles. The molecule has 0 atom stereocenters. The molecule has 0 aliphatic heterocycles. The lowest BCUT2D eigenvalue weighted by atomic mass is 10.1. The summed E-state index contributed by atoms with van der Waals surface area (Å²) in [6.45, 7) is 6.23. The van der Waals surface area contributed by atoms with Crippen molar-refractivity contribution in [3.63, 3.8) is 0 Å². The zero-order valence-electron chi connectivity index (χ0n) is 17.1. The number of benzene rings is 2. The molecule has 0 radical (unpaired) electrons. The number of carbonyl (C=O) groups is 1. The standard InChI is InChI=1S/C24H22ClN3O2/c1-15-10-17(3)22(21(25)11-15)27-24(29)18-7-4-8-20(12-18)30-14-19-13-28-9-5-6-16(2)23(28)26-19/h4-13H,14H2,1-3H3,(H,27,29). The topological polar surface area (TPSA) is 55.6 Å². The molecule has 0 unspecified atom stereocenters. The summed E-state index contributed by atoms with van der Waals surface area (Å²) in [5, 5.41) is 3.43. The van der Waals surface area contributed by atoms with E-state index in [9.17, 15) is 4.79 Å². The van der Waals surface area contributed by atoms with E-state index in [0.29, 0.717) is 28.6 Å². The Bertz CT molecular complexity index is 1220. The van der Waals surface area contributed by atoms with E-state index in [1.807, 2.05) is 67.9 Å². The lowest BCUT2D eigenvalue weighted by molar-refractivity contribution is 0.102. The second kappa shape index (κ2) is 8.20. The van der Waals surface area contributed by atoms with E-state index in [2.05, 4.69) is 10.3 Å². The van der Waals surface area contributed by atoms with Gasteiger partial charge in [-0.05, 0) is 67.8 Å². The summed E-state index contributed by atoms with van der Waals surface area (Å²) in [6.07, 6.45) is 3.91. The fraction of sp³-hybridized carbons (Fsp3) is 0.167. The molecule has 1 N–H and O–H groups in total. The number of hydrogen-bond donors (Lipinski definition) is 1. The number of anilines is 1. The molecule has 0 saturated heterocycles. The summed E-state index contributed by atoms with van der Waals surface area (Å²) in [7, 11) is 0. The van der Waals surface area contributed by atoms with Gasteiger partial charge >= 0.3 is 0 Å². The van der Waals surface area contributed by atoms with Crippen LogP contribution in [0.5, 0.6) is 5.75 Å². The quantitative estimate of drug-likeness (QED) is 0.448. The number of aryl methyl sites for hydroxylation is 3. The first kappa shape index (κ1) is 20.0. The van der Waals surface area contributed by atoms with Crippen molar-refractivity contribution >= 4 is 28.8 Å². The van der Waals surface area contributed by atoms with Crippen LogP contribution in [0.2, 0.25) is 5.02 Å². The van der Waals surface area contributed by atoms with E-state index in [0.717, 1.165) is 28.0 Å². The van der Waals surface area contributed by atoms with Crippen LogP contribution < -0.4 is 10.1 Å². The molecule has 0 fully saturated rings. The Balaban J connectivity index is 1.48. The van der Waals surface area contributed by atoms with Gasteiger partial charge in [-0.2, -0.15) is 0 Å². The number of imidazole rings is 1. The first-order valence-corrected chi connectivity index (χ1v) is 10.0. The number of hydrogen-bond acceptors (Lipinski definition) is 3. The van der Waals surface area contributed by atoms with Crippen molar-refractivity contribution in [3.05, 3.63) is 93.9 Å². The van der Waals surface area contributed by atoms with Gasteiger partial charge in [-0.3, -0.25) is 4.79 Å². The van der Waals surface area contributed by atoms with Gasteiger partial charge in [0.1, 0.15) is 18.0 Å². The molecule has 0 aliphatic rings. The molecule has 2 heterocycles. The summed E-state index contributed by atoms with van der Waals surface area (Å²) in [6, 6.07) is 14.9. The number of nitrogens with zero attached hydrogens (tertiary/aromatic N) is 2. The molecule has 5 nitrogen and oxygen atoms in total. The van der Waals surface area contributed by atoms with Gasteiger partial charge in [-0.15, -0.1) is 0 Å². The average molecular weight is 420 g/mol. The Kier molecular flexibility index (Phi) is 5.46. The third-order valence-electron chi connectivity index (χ3n) is 4.88. The number of ether oxygens (including phenoxy) is 1. The van der Waals surface area contributed by atoms with Gasteiger partial charge in [0.2, 0.25) is 0 Å². The van der Waals surface area contributed by atoms with Crippen molar-refractivity contribution in [3.8, 4) is 5.75 Å². The molecule has 6 heteroatoms. The number of pyridine rings is 1. The summed E-state index contributed by atoms with van der Waals surface area (Å²) >= 11 is 6.31. The van der Waals surface area contributed by atoms with Crippen molar-refractivity contribution in [2.24, 2.45) is 0 Å². The molecule has 0 spiro atoms. The fourth-order valence-corrected chi connectivity index (χ4v) is 3.79. The van der Waals surface area contributed by atoms with Crippen LogP contribution in [-0.4, -0.2) is 15.3 Å². The van der Waals surface area contributed by atoms with E-state index in [1.54, 1.807) is 18.2 Å². The summed E-state index contributed by atoms with van der Waals surface area (Å²) < 4.78 is 7.86. The molecule has 1 amide bonds. The maximum absolute atomic E-state index is 12.7. The van der Waals surface area contributed by atoms with E-state index in [1.165, 1.54) is 0 Å². The highest BCUT2D eigenvalue weighted by Crippen LogP contribution is 2.28. The third kappa shape index (κ3) is 4.16. The van der Waals surface area contributed by atoms with Gasteiger partial charge in [-0.1, -0.05) is 29.8 Å². The number of nitrogens with one attached hydrogen (secondary N) is 1. The molecule has 30 heavy (non-hydrogen) atoms. The van der Waals surface area contributed by atoms with Gasteiger partial charge in [-0.25, -0.2) is 4.98 Å². The van der Waals surface area contributed by atoms with Crippen molar-refractivity contribution in [2.75, 3.05) is 5.32 Å². The normalized spacial score (nSPS) is 10.9. The number of halogens is 1. The van der Waals surface area contributed by atoms with Gasteiger partial charge < -0.3 is 14.5 Å². The smallest absolute Gasteiger partial charge is 0.255 e. The molecular weight excluding hydrogens is 398 g/mol. The molecule has 2 aromatic heterocycles. The summed E-state index contributed by atoms with van der Waals surface area (Å²) in [5.74, 6) is 0.362. The fourth-order valence-electron chi connectivity index (χ4n) is 3.42. The largest absolute Gasteiger partial charge is 0.487 e. The first-order chi connectivity index (χ1) is 14.4. The minimum atomic E-state index is -0.238. The number of aromatic nitrogens is 2. The highest BCUT2D eigenvalue weighted by atomic mass is 35.5. The highest BCUT2D eigenvalue weighted by Gasteiger charge is 2.12. The molecule has 0 aliphatic carbocycles. The minimum Gasteiger partial charge on any atom is -0.487 e. The summed E-state index contributed by atoms with van der Waals surface area (Å²) in [5.41, 5.74) is 5.92. The SMILES string of the molecule is Cc1cc(C)c(NC(=O)c2cccc(OCc3cn4cccc(C)c4n3)c2)c(Cl)c1. The van der Waals surface area contributed by atoms with Gasteiger partial charge in [0, 0.05) is 18.0 Å². The Morgan fingerprint density at radius 3 is 2.70 bits per heavy atom. The van der Waals surface area contributed by atoms with Crippen LogP contribution in [0.4, 0.5) is 5.69 Å². The second-order valence-corrected chi connectivity index (χ2v) is 7.77. The lowest BCUT2D eigenvalue weighted by Gasteiger charge is -2.12. The van der Waals surface area contributed by atoms with E-state index in [4.69, 9.17) is 16.3 Å². The molecule has 4 rings (SSSR count). The van der Waals surface area contributed by atoms with Crippen LogP contribution in [0, 0.1) is 20.8 Å². The van der Waals surface area contributed by atoms with E-state index in [-0.39, 0.29) is 5.91 Å². The summed E-state index contributed by atoms with van der Waals surface area (Å²) in [4.78, 5) is 17.4. The lowest BCUT2D eigenvalue weighted by Crippen LogP contribution is -2.13. The molecule has 4 aromatic rings. The molecule has 0 bridgehead atoms. The predicted molar refractivity (Wildman–Crippen MR) is 120 cm³/mol. The minimum absolute atomic E-state index is 0.238.